The molecule has 0 aliphatic heterocycles. The third kappa shape index (κ3) is 1.96. The van der Waals surface area contributed by atoms with E-state index >= 15 is 0 Å². The molecule has 2 heterocycles. The summed E-state index contributed by atoms with van der Waals surface area (Å²) in [5.74, 6) is -1.17. The van der Waals surface area contributed by atoms with Gasteiger partial charge in [0.2, 0.25) is 0 Å². The highest BCUT2D eigenvalue weighted by Crippen LogP contribution is 2.39. The van der Waals surface area contributed by atoms with E-state index in [-0.39, 0.29) is 0 Å². The van der Waals surface area contributed by atoms with Gasteiger partial charge in [-0.1, -0.05) is 23.7 Å². The van der Waals surface area contributed by atoms with Gasteiger partial charge < -0.3 is 5.11 Å². The van der Waals surface area contributed by atoms with Crippen LogP contribution >= 0.6 is 22.9 Å². The second-order valence-electron chi connectivity index (χ2n) is 5.13. The Kier molecular flexibility index (Phi) is 2.80. The van der Waals surface area contributed by atoms with Crippen molar-refractivity contribution in [3.05, 3.63) is 46.1 Å². The minimum absolute atomic E-state index is 0.416. The van der Waals surface area contributed by atoms with E-state index in [1.165, 1.54) is 0 Å². The Morgan fingerprint density at radius 1 is 1.38 bits per heavy atom. The zero-order valence-corrected chi connectivity index (χ0v) is 12.5. The molecule has 0 fully saturated rings. The maximum Gasteiger partial charge on any atom is 0.312 e. The molecule has 4 nitrogen and oxygen atoms in total. The number of hydrogen-bond acceptors (Lipinski definition) is 3. The molecular formula is C15H11ClN2O2S. The quantitative estimate of drug-likeness (QED) is 0.781. The fourth-order valence-corrected chi connectivity index (χ4v) is 4.16. The Bertz CT molecular complexity index is 851. The van der Waals surface area contributed by atoms with Crippen LogP contribution in [0.1, 0.15) is 22.9 Å². The molecule has 1 N–H and O–H groups in total. The normalized spacial score (nSPS) is 17.3. The lowest BCUT2D eigenvalue weighted by atomic mass is 10.1. The molecule has 1 aliphatic carbocycles. The van der Waals surface area contributed by atoms with Gasteiger partial charge in [-0.2, -0.15) is 0 Å². The molecular weight excluding hydrogens is 308 g/mol. The number of halogens is 1. The molecule has 1 aliphatic rings. The second kappa shape index (κ2) is 4.58. The minimum atomic E-state index is -0.754. The van der Waals surface area contributed by atoms with Gasteiger partial charge in [-0.05, 0) is 25.0 Å². The predicted octanol–water partition coefficient (Wildman–Crippen LogP) is 3.83. The largest absolute Gasteiger partial charge is 0.481 e. The second-order valence-corrected chi connectivity index (χ2v) is 6.62. The number of thiazole rings is 1. The molecule has 0 radical (unpaired) electrons. The molecule has 21 heavy (non-hydrogen) atoms. The molecule has 0 saturated carbocycles. The smallest absolute Gasteiger partial charge is 0.312 e. The number of nitrogens with zero attached hydrogens (tertiary/aromatic N) is 2. The van der Waals surface area contributed by atoms with Crippen molar-refractivity contribution in [1.82, 2.24) is 9.38 Å². The van der Waals surface area contributed by atoms with Crippen LogP contribution in [-0.4, -0.2) is 20.5 Å². The molecule has 106 valence electrons. The first-order valence-electron chi connectivity index (χ1n) is 6.63. The van der Waals surface area contributed by atoms with E-state index < -0.39 is 11.9 Å². The van der Waals surface area contributed by atoms with Crippen molar-refractivity contribution in [2.24, 2.45) is 0 Å². The van der Waals surface area contributed by atoms with E-state index in [1.54, 1.807) is 11.3 Å². The molecule has 0 saturated heterocycles. The molecule has 0 bridgehead atoms. The molecule has 1 aromatic carbocycles. The van der Waals surface area contributed by atoms with Gasteiger partial charge in [-0.3, -0.25) is 9.20 Å². The zero-order valence-electron chi connectivity index (χ0n) is 10.9. The average Bonchev–Trinajstić information content (AvgIpc) is 3.09. The molecule has 1 unspecified atom stereocenters. The van der Waals surface area contributed by atoms with E-state index in [4.69, 9.17) is 11.6 Å². The summed E-state index contributed by atoms with van der Waals surface area (Å²) in [5.41, 5.74) is 2.72. The first kappa shape index (κ1) is 12.9. The van der Waals surface area contributed by atoms with Crippen LogP contribution in [-0.2, 0) is 11.2 Å². The fraction of sp³-hybridized carbons (Fsp3) is 0.200. The summed E-state index contributed by atoms with van der Waals surface area (Å²) in [6.45, 7) is 0. The molecule has 0 amide bonds. The van der Waals surface area contributed by atoms with Gasteiger partial charge >= 0.3 is 5.97 Å². The Hall–Kier alpha value is -1.85. The van der Waals surface area contributed by atoms with Crippen LogP contribution in [0, 0.1) is 0 Å². The van der Waals surface area contributed by atoms with Gasteiger partial charge in [0.15, 0.2) is 4.96 Å². The van der Waals surface area contributed by atoms with Gasteiger partial charge in [-0.25, -0.2) is 4.98 Å². The summed E-state index contributed by atoms with van der Waals surface area (Å²) in [6, 6.07) is 7.50. The number of fused-ring (bicyclic) bond motifs is 3. The number of benzene rings is 1. The summed E-state index contributed by atoms with van der Waals surface area (Å²) in [6.07, 6.45) is 3.44. The Labute approximate surface area is 129 Å². The SMILES string of the molecule is O=C(O)C1CCc2sc3nc(-c4ccc(Cl)cc4)cn3c21. The van der Waals surface area contributed by atoms with Crippen LogP contribution in [0.15, 0.2) is 30.5 Å². The number of aromatic nitrogens is 2. The maximum absolute atomic E-state index is 11.4. The predicted molar refractivity (Wildman–Crippen MR) is 82.2 cm³/mol. The lowest BCUT2D eigenvalue weighted by molar-refractivity contribution is -0.138. The lowest BCUT2D eigenvalue weighted by Crippen LogP contribution is -2.09. The van der Waals surface area contributed by atoms with Crippen LogP contribution in [0.3, 0.4) is 0 Å². The first-order valence-corrected chi connectivity index (χ1v) is 7.82. The molecule has 2 aromatic heterocycles. The number of aliphatic carboxylic acids is 1. The fourth-order valence-electron chi connectivity index (χ4n) is 2.86. The minimum Gasteiger partial charge on any atom is -0.481 e. The van der Waals surface area contributed by atoms with Gasteiger partial charge in [-0.15, -0.1) is 11.3 Å². The van der Waals surface area contributed by atoms with Crippen molar-refractivity contribution in [2.75, 3.05) is 0 Å². The summed E-state index contributed by atoms with van der Waals surface area (Å²) >= 11 is 7.49. The van der Waals surface area contributed by atoms with Crippen molar-refractivity contribution in [1.29, 1.82) is 0 Å². The van der Waals surface area contributed by atoms with Crippen LogP contribution in [0.2, 0.25) is 5.02 Å². The van der Waals surface area contributed by atoms with Gasteiger partial charge in [0.05, 0.1) is 17.3 Å². The third-order valence-electron chi connectivity index (χ3n) is 3.86. The van der Waals surface area contributed by atoms with Crippen molar-refractivity contribution in [2.45, 2.75) is 18.8 Å². The number of carboxylic acid groups (broad SMARTS) is 1. The summed E-state index contributed by atoms with van der Waals surface area (Å²) in [4.78, 5) is 18.0. The van der Waals surface area contributed by atoms with Gasteiger partial charge in [0, 0.05) is 21.7 Å². The number of carbonyl (C=O) groups is 1. The van der Waals surface area contributed by atoms with Crippen molar-refractivity contribution >= 4 is 33.9 Å². The molecule has 1 atom stereocenters. The number of rotatable bonds is 2. The van der Waals surface area contributed by atoms with Crippen LogP contribution in [0.4, 0.5) is 0 Å². The Morgan fingerprint density at radius 3 is 2.86 bits per heavy atom. The first-order chi connectivity index (χ1) is 10.1. The van der Waals surface area contributed by atoms with E-state index in [9.17, 15) is 9.90 Å². The highest BCUT2D eigenvalue weighted by molar-refractivity contribution is 7.17. The number of carboxylic acids is 1. The zero-order chi connectivity index (χ0) is 14.6. The van der Waals surface area contributed by atoms with E-state index in [0.29, 0.717) is 11.4 Å². The topological polar surface area (TPSA) is 54.6 Å². The number of aryl methyl sites for hydroxylation is 1. The monoisotopic (exact) mass is 318 g/mol. The Morgan fingerprint density at radius 2 is 2.14 bits per heavy atom. The van der Waals surface area contributed by atoms with Crippen molar-refractivity contribution < 1.29 is 9.90 Å². The molecule has 6 heteroatoms. The van der Waals surface area contributed by atoms with Gasteiger partial charge in [0.1, 0.15) is 0 Å². The Balaban J connectivity index is 1.85. The van der Waals surface area contributed by atoms with Crippen LogP contribution in [0.5, 0.6) is 0 Å². The van der Waals surface area contributed by atoms with E-state index in [1.807, 2.05) is 34.9 Å². The maximum atomic E-state index is 11.4. The number of imidazole rings is 1. The van der Waals surface area contributed by atoms with Gasteiger partial charge in [0.25, 0.3) is 0 Å². The standard InChI is InChI=1S/C15H11ClN2O2S/c16-9-3-1-8(2-4-9)11-7-18-13-10(14(19)20)5-6-12(13)21-15(18)17-11/h1-4,7,10H,5-6H2,(H,19,20). The van der Waals surface area contributed by atoms with Crippen molar-refractivity contribution in [3.63, 3.8) is 0 Å². The highest BCUT2D eigenvalue weighted by Gasteiger charge is 2.33. The average molecular weight is 319 g/mol. The van der Waals surface area contributed by atoms with Crippen molar-refractivity contribution in [3.8, 4) is 11.3 Å². The van der Waals surface area contributed by atoms with E-state index in [0.717, 1.165) is 33.2 Å². The van der Waals surface area contributed by atoms with Crippen LogP contribution in [0.25, 0.3) is 16.2 Å². The lowest BCUT2D eigenvalue weighted by Gasteiger charge is -2.03. The number of hydrogen-bond donors (Lipinski definition) is 1. The molecule has 4 rings (SSSR count). The third-order valence-corrected chi connectivity index (χ3v) is 5.24. The summed E-state index contributed by atoms with van der Waals surface area (Å²) < 4.78 is 1.94. The van der Waals surface area contributed by atoms with Crippen LogP contribution < -0.4 is 0 Å². The summed E-state index contributed by atoms with van der Waals surface area (Å²) in [7, 11) is 0. The molecule has 0 spiro atoms. The van der Waals surface area contributed by atoms with E-state index in [2.05, 4.69) is 4.98 Å². The summed E-state index contributed by atoms with van der Waals surface area (Å²) in [5, 5.41) is 10.0. The highest BCUT2D eigenvalue weighted by atomic mass is 35.5. The molecule has 3 aromatic rings.